The fourth-order valence-corrected chi connectivity index (χ4v) is 2.03. The topological polar surface area (TPSA) is 69.6 Å². The van der Waals surface area contributed by atoms with Gasteiger partial charge in [0.05, 0.1) is 6.04 Å². The van der Waals surface area contributed by atoms with Crippen molar-refractivity contribution in [3.05, 3.63) is 35.9 Å². The fourth-order valence-electron chi connectivity index (χ4n) is 2.03. The molecule has 2 N–H and O–H groups in total. The van der Waals surface area contributed by atoms with Crippen molar-refractivity contribution in [1.29, 1.82) is 0 Å². The minimum atomic E-state index is -0.999. The third-order valence-electron chi connectivity index (χ3n) is 3.01. The van der Waals surface area contributed by atoms with Crippen LogP contribution in [0.25, 0.3) is 0 Å². The SMILES string of the molecule is CCCN(CC(=O)O)C(=O)NC(CC)c1ccccc1. The van der Waals surface area contributed by atoms with Crippen molar-refractivity contribution in [3.8, 4) is 0 Å². The van der Waals surface area contributed by atoms with Crippen LogP contribution in [0, 0.1) is 0 Å². The molecule has 0 fully saturated rings. The van der Waals surface area contributed by atoms with Crippen LogP contribution >= 0.6 is 0 Å². The molecule has 0 aromatic heterocycles. The zero-order valence-corrected chi connectivity index (χ0v) is 12.0. The van der Waals surface area contributed by atoms with Gasteiger partial charge in [-0.25, -0.2) is 4.79 Å². The van der Waals surface area contributed by atoms with E-state index in [1.54, 1.807) is 0 Å². The van der Waals surface area contributed by atoms with E-state index >= 15 is 0 Å². The molecule has 0 radical (unpaired) electrons. The first-order valence-electron chi connectivity index (χ1n) is 6.90. The predicted octanol–water partition coefficient (Wildman–Crippen LogP) is 2.64. The van der Waals surface area contributed by atoms with Crippen molar-refractivity contribution in [1.82, 2.24) is 10.2 Å². The first-order chi connectivity index (χ1) is 9.58. The van der Waals surface area contributed by atoms with E-state index < -0.39 is 5.97 Å². The lowest BCUT2D eigenvalue weighted by atomic mass is 10.1. The van der Waals surface area contributed by atoms with Gasteiger partial charge in [0.1, 0.15) is 6.54 Å². The van der Waals surface area contributed by atoms with Gasteiger partial charge >= 0.3 is 12.0 Å². The Balaban J connectivity index is 2.72. The Morgan fingerprint density at radius 3 is 2.40 bits per heavy atom. The number of hydrogen-bond acceptors (Lipinski definition) is 2. The second-order valence-electron chi connectivity index (χ2n) is 4.64. The van der Waals surface area contributed by atoms with Crippen LogP contribution < -0.4 is 5.32 Å². The molecule has 0 saturated carbocycles. The zero-order valence-electron chi connectivity index (χ0n) is 12.0. The van der Waals surface area contributed by atoms with E-state index in [-0.39, 0.29) is 18.6 Å². The second-order valence-corrected chi connectivity index (χ2v) is 4.64. The quantitative estimate of drug-likeness (QED) is 0.805. The second kappa shape index (κ2) is 8.19. The highest BCUT2D eigenvalue weighted by atomic mass is 16.4. The van der Waals surface area contributed by atoms with Crippen molar-refractivity contribution >= 4 is 12.0 Å². The summed E-state index contributed by atoms with van der Waals surface area (Å²) in [5.41, 5.74) is 1.02. The maximum absolute atomic E-state index is 12.2. The molecule has 0 bridgehead atoms. The van der Waals surface area contributed by atoms with E-state index in [1.165, 1.54) is 4.90 Å². The molecule has 0 aliphatic carbocycles. The molecule has 20 heavy (non-hydrogen) atoms. The largest absolute Gasteiger partial charge is 0.480 e. The summed E-state index contributed by atoms with van der Waals surface area (Å²) < 4.78 is 0. The molecule has 0 spiro atoms. The summed E-state index contributed by atoms with van der Waals surface area (Å²) in [6.45, 7) is 4.06. The van der Waals surface area contributed by atoms with Crippen molar-refractivity contribution in [2.24, 2.45) is 0 Å². The summed E-state index contributed by atoms with van der Waals surface area (Å²) >= 11 is 0. The first kappa shape index (κ1) is 16.0. The number of nitrogens with zero attached hydrogens (tertiary/aromatic N) is 1. The molecule has 1 unspecified atom stereocenters. The Kier molecular flexibility index (Phi) is 6.56. The molecule has 0 saturated heterocycles. The number of rotatable bonds is 7. The lowest BCUT2D eigenvalue weighted by Crippen LogP contribution is -2.44. The molecule has 1 aromatic rings. The van der Waals surface area contributed by atoms with Gasteiger partial charge in [0, 0.05) is 6.54 Å². The van der Waals surface area contributed by atoms with Crippen LogP contribution in [0.4, 0.5) is 4.79 Å². The van der Waals surface area contributed by atoms with Gasteiger partial charge in [-0.2, -0.15) is 0 Å². The molecule has 2 amide bonds. The molecular formula is C15H22N2O3. The van der Waals surface area contributed by atoms with Crippen molar-refractivity contribution in [2.45, 2.75) is 32.7 Å². The average molecular weight is 278 g/mol. The molecule has 5 nitrogen and oxygen atoms in total. The van der Waals surface area contributed by atoms with Gasteiger partial charge in [0.2, 0.25) is 0 Å². The minimum Gasteiger partial charge on any atom is -0.480 e. The maximum Gasteiger partial charge on any atom is 0.323 e. The van der Waals surface area contributed by atoms with Gasteiger partial charge in [-0.05, 0) is 18.4 Å². The normalized spacial score (nSPS) is 11.7. The van der Waals surface area contributed by atoms with Crippen LogP contribution in [0.2, 0.25) is 0 Å². The number of carbonyl (C=O) groups is 2. The van der Waals surface area contributed by atoms with Gasteiger partial charge in [0.15, 0.2) is 0 Å². The molecule has 1 aromatic carbocycles. The van der Waals surface area contributed by atoms with Crippen LogP contribution in [0.5, 0.6) is 0 Å². The summed E-state index contributed by atoms with van der Waals surface area (Å²) in [4.78, 5) is 24.3. The van der Waals surface area contributed by atoms with Crippen LogP contribution in [0.15, 0.2) is 30.3 Å². The van der Waals surface area contributed by atoms with Gasteiger partial charge in [-0.1, -0.05) is 44.2 Å². The van der Waals surface area contributed by atoms with Gasteiger partial charge < -0.3 is 15.3 Å². The third-order valence-corrected chi connectivity index (χ3v) is 3.01. The molecule has 0 heterocycles. The highest BCUT2D eigenvalue weighted by Crippen LogP contribution is 2.16. The molecule has 110 valence electrons. The van der Waals surface area contributed by atoms with Crippen LogP contribution in [0.1, 0.15) is 38.3 Å². The monoisotopic (exact) mass is 278 g/mol. The van der Waals surface area contributed by atoms with E-state index in [4.69, 9.17) is 5.11 Å². The van der Waals surface area contributed by atoms with E-state index in [1.807, 2.05) is 44.2 Å². The molecule has 1 atom stereocenters. The summed E-state index contributed by atoms with van der Waals surface area (Å²) in [6, 6.07) is 9.25. The standard InChI is InChI=1S/C15H22N2O3/c1-3-10-17(11-14(18)19)15(20)16-13(4-2)12-8-6-5-7-9-12/h5-9,13H,3-4,10-11H2,1-2H3,(H,16,20)(H,18,19). The van der Waals surface area contributed by atoms with E-state index in [0.29, 0.717) is 6.54 Å². The molecular weight excluding hydrogens is 256 g/mol. The Hall–Kier alpha value is -2.04. The number of carboxylic acids is 1. The van der Waals surface area contributed by atoms with Gasteiger partial charge in [0.25, 0.3) is 0 Å². The zero-order chi connectivity index (χ0) is 15.0. The summed E-state index contributed by atoms with van der Waals surface area (Å²) in [7, 11) is 0. The Labute approximate surface area is 119 Å². The van der Waals surface area contributed by atoms with Crippen molar-refractivity contribution in [2.75, 3.05) is 13.1 Å². The number of carboxylic acid groups (broad SMARTS) is 1. The van der Waals surface area contributed by atoms with Crippen molar-refractivity contribution in [3.63, 3.8) is 0 Å². The number of urea groups is 1. The first-order valence-corrected chi connectivity index (χ1v) is 6.90. The van der Waals surface area contributed by atoms with E-state index in [9.17, 15) is 9.59 Å². The van der Waals surface area contributed by atoms with E-state index in [2.05, 4.69) is 5.32 Å². The molecule has 5 heteroatoms. The van der Waals surface area contributed by atoms with E-state index in [0.717, 1.165) is 18.4 Å². The van der Waals surface area contributed by atoms with Crippen LogP contribution in [-0.2, 0) is 4.79 Å². The van der Waals surface area contributed by atoms with Crippen LogP contribution in [-0.4, -0.2) is 35.1 Å². The number of carbonyl (C=O) groups excluding carboxylic acids is 1. The van der Waals surface area contributed by atoms with Gasteiger partial charge in [-0.15, -0.1) is 0 Å². The summed E-state index contributed by atoms with van der Waals surface area (Å²) in [5.74, 6) is -0.999. The minimum absolute atomic E-state index is 0.100. The number of nitrogens with one attached hydrogen (secondary N) is 1. The summed E-state index contributed by atoms with van der Waals surface area (Å²) in [6.07, 6.45) is 1.48. The maximum atomic E-state index is 12.2. The molecule has 0 aliphatic rings. The van der Waals surface area contributed by atoms with Crippen molar-refractivity contribution < 1.29 is 14.7 Å². The molecule has 0 aliphatic heterocycles. The highest BCUT2D eigenvalue weighted by Gasteiger charge is 2.19. The Morgan fingerprint density at radius 2 is 1.90 bits per heavy atom. The molecule has 1 rings (SSSR count). The average Bonchev–Trinajstić information content (AvgIpc) is 2.44. The Morgan fingerprint density at radius 1 is 1.25 bits per heavy atom. The van der Waals surface area contributed by atoms with Gasteiger partial charge in [-0.3, -0.25) is 4.79 Å². The summed E-state index contributed by atoms with van der Waals surface area (Å²) in [5, 5.41) is 11.7. The lowest BCUT2D eigenvalue weighted by molar-refractivity contribution is -0.137. The number of benzene rings is 1. The number of aliphatic carboxylic acids is 1. The predicted molar refractivity (Wildman–Crippen MR) is 77.5 cm³/mol. The Bertz CT molecular complexity index is 434. The number of hydrogen-bond donors (Lipinski definition) is 2. The number of amides is 2. The van der Waals surface area contributed by atoms with Crippen LogP contribution in [0.3, 0.4) is 0 Å². The third kappa shape index (κ3) is 4.91. The fraction of sp³-hybridized carbons (Fsp3) is 0.467. The smallest absolute Gasteiger partial charge is 0.323 e. The lowest BCUT2D eigenvalue weighted by Gasteiger charge is -2.24. The highest BCUT2D eigenvalue weighted by molar-refractivity contribution is 5.80.